The third kappa shape index (κ3) is 4.30. The number of piperidine rings is 1. The van der Waals surface area contributed by atoms with E-state index in [0.717, 1.165) is 38.6 Å². The molecular formula is C15H28N2O2. The van der Waals surface area contributed by atoms with Gasteiger partial charge in [0.15, 0.2) is 0 Å². The fraction of sp³-hybridized carbons (Fsp3) is 0.867. The molecule has 4 heteroatoms. The van der Waals surface area contributed by atoms with Gasteiger partial charge in [-0.15, -0.1) is 0 Å². The minimum absolute atomic E-state index is 0.0573. The molecule has 0 aromatic carbocycles. The average Bonchev–Trinajstić information content (AvgIpc) is 2.43. The molecule has 0 bridgehead atoms. The zero-order chi connectivity index (χ0) is 14.4. The van der Waals surface area contributed by atoms with Gasteiger partial charge in [-0.2, -0.15) is 0 Å². The quantitative estimate of drug-likeness (QED) is 0.803. The first kappa shape index (κ1) is 16.2. The molecule has 1 aliphatic rings. The lowest BCUT2D eigenvalue weighted by Crippen LogP contribution is -2.55. The van der Waals surface area contributed by atoms with Crippen LogP contribution in [0.1, 0.15) is 59.8 Å². The first-order valence-corrected chi connectivity index (χ1v) is 7.57. The Kier molecular flexibility index (Phi) is 6.49. The normalized spacial score (nSPS) is 22.3. The van der Waals surface area contributed by atoms with Crippen molar-refractivity contribution in [2.45, 2.75) is 77.9 Å². The zero-order valence-corrected chi connectivity index (χ0v) is 12.7. The van der Waals surface area contributed by atoms with Crippen molar-refractivity contribution in [3.8, 4) is 0 Å². The summed E-state index contributed by atoms with van der Waals surface area (Å²) in [4.78, 5) is 26.0. The SMILES string of the molecule is CCC(CC)NC(=O)C(C)N1CCCCC1C(C)=O. The van der Waals surface area contributed by atoms with Crippen LogP contribution in [0, 0.1) is 0 Å². The number of carbonyl (C=O) groups excluding carboxylic acids is 2. The summed E-state index contributed by atoms with van der Waals surface area (Å²) in [6.07, 6.45) is 4.95. The van der Waals surface area contributed by atoms with Crippen LogP contribution in [-0.4, -0.2) is 41.3 Å². The first-order chi connectivity index (χ1) is 9.01. The number of Topliss-reactive ketones (excluding diaryl/α,β-unsaturated/α-hetero) is 1. The third-order valence-corrected chi connectivity index (χ3v) is 4.22. The van der Waals surface area contributed by atoms with Gasteiger partial charge in [0.05, 0.1) is 12.1 Å². The Morgan fingerprint density at radius 1 is 1.26 bits per heavy atom. The van der Waals surface area contributed by atoms with Gasteiger partial charge in [-0.1, -0.05) is 20.3 Å². The highest BCUT2D eigenvalue weighted by Crippen LogP contribution is 2.20. The summed E-state index contributed by atoms with van der Waals surface area (Å²) >= 11 is 0. The molecule has 2 unspecified atom stereocenters. The van der Waals surface area contributed by atoms with Crippen molar-refractivity contribution in [3.05, 3.63) is 0 Å². The van der Waals surface area contributed by atoms with Crippen LogP contribution < -0.4 is 5.32 Å². The number of nitrogens with zero attached hydrogens (tertiary/aromatic N) is 1. The molecule has 0 aromatic rings. The van der Waals surface area contributed by atoms with Gasteiger partial charge in [0, 0.05) is 6.04 Å². The third-order valence-electron chi connectivity index (χ3n) is 4.22. The molecule has 0 aliphatic carbocycles. The van der Waals surface area contributed by atoms with Gasteiger partial charge in [-0.05, 0) is 46.1 Å². The maximum atomic E-state index is 12.3. The monoisotopic (exact) mass is 268 g/mol. The summed E-state index contributed by atoms with van der Waals surface area (Å²) in [7, 11) is 0. The molecule has 0 radical (unpaired) electrons. The molecule has 4 nitrogen and oxygen atoms in total. The molecule has 1 fully saturated rings. The summed E-state index contributed by atoms with van der Waals surface area (Å²) < 4.78 is 0. The second-order valence-electron chi connectivity index (χ2n) is 5.56. The van der Waals surface area contributed by atoms with Crippen molar-refractivity contribution < 1.29 is 9.59 Å². The van der Waals surface area contributed by atoms with Crippen LogP contribution in [0.25, 0.3) is 0 Å². The topological polar surface area (TPSA) is 49.4 Å². The lowest BCUT2D eigenvalue weighted by molar-refractivity contribution is -0.132. The zero-order valence-electron chi connectivity index (χ0n) is 12.7. The van der Waals surface area contributed by atoms with Crippen LogP contribution in [0.2, 0.25) is 0 Å². The molecule has 1 aliphatic heterocycles. The maximum absolute atomic E-state index is 12.3. The van der Waals surface area contributed by atoms with Crippen LogP contribution in [-0.2, 0) is 9.59 Å². The Morgan fingerprint density at radius 3 is 2.42 bits per heavy atom. The molecule has 1 N–H and O–H groups in total. The highest BCUT2D eigenvalue weighted by molar-refractivity contribution is 5.85. The van der Waals surface area contributed by atoms with Crippen molar-refractivity contribution >= 4 is 11.7 Å². The van der Waals surface area contributed by atoms with Crippen molar-refractivity contribution in [1.29, 1.82) is 0 Å². The molecule has 1 amide bonds. The van der Waals surface area contributed by atoms with Crippen molar-refractivity contribution in [1.82, 2.24) is 10.2 Å². The molecule has 1 rings (SSSR count). The predicted molar refractivity (Wildman–Crippen MR) is 77.0 cm³/mol. The average molecular weight is 268 g/mol. The summed E-state index contributed by atoms with van der Waals surface area (Å²) in [5, 5.41) is 3.08. The highest BCUT2D eigenvalue weighted by atomic mass is 16.2. The molecule has 2 atom stereocenters. The van der Waals surface area contributed by atoms with Crippen LogP contribution in [0.3, 0.4) is 0 Å². The number of carbonyl (C=O) groups is 2. The molecule has 19 heavy (non-hydrogen) atoms. The Labute approximate surface area is 116 Å². The van der Waals surface area contributed by atoms with Crippen LogP contribution >= 0.6 is 0 Å². The van der Waals surface area contributed by atoms with Crippen molar-refractivity contribution in [2.24, 2.45) is 0 Å². The number of nitrogens with one attached hydrogen (secondary N) is 1. The van der Waals surface area contributed by atoms with Crippen LogP contribution in [0.15, 0.2) is 0 Å². The summed E-state index contributed by atoms with van der Waals surface area (Å²) in [5.74, 6) is 0.240. The van der Waals surface area contributed by atoms with E-state index >= 15 is 0 Å². The van der Waals surface area contributed by atoms with Crippen LogP contribution in [0.5, 0.6) is 0 Å². The van der Waals surface area contributed by atoms with Crippen molar-refractivity contribution in [2.75, 3.05) is 6.54 Å². The molecular weight excluding hydrogens is 240 g/mol. The number of ketones is 1. The largest absolute Gasteiger partial charge is 0.352 e. The molecule has 1 saturated heterocycles. The van der Waals surface area contributed by atoms with E-state index in [0.29, 0.717) is 0 Å². The molecule has 1 heterocycles. The van der Waals surface area contributed by atoms with Gasteiger partial charge in [-0.25, -0.2) is 0 Å². The fourth-order valence-electron chi connectivity index (χ4n) is 2.82. The minimum Gasteiger partial charge on any atom is -0.352 e. The summed E-state index contributed by atoms with van der Waals surface area (Å²) in [6.45, 7) is 8.56. The number of hydrogen-bond acceptors (Lipinski definition) is 3. The maximum Gasteiger partial charge on any atom is 0.237 e. The standard InChI is InChI=1S/C15H28N2O2/c1-5-13(6-2)16-15(19)11(3)17-10-8-7-9-14(17)12(4)18/h11,13-14H,5-10H2,1-4H3,(H,16,19). The van der Waals surface area contributed by atoms with E-state index in [1.807, 2.05) is 6.92 Å². The predicted octanol–water partition coefficient (Wildman–Crippen LogP) is 2.12. The molecule has 0 aromatic heterocycles. The van der Waals surface area contributed by atoms with E-state index in [-0.39, 0.29) is 29.8 Å². The van der Waals surface area contributed by atoms with E-state index < -0.39 is 0 Å². The van der Waals surface area contributed by atoms with Gasteiger partial charge < -0.3 is 5.32 Å². The van der Waals surface area contributed by atoms with Gasteiger partial charge >= 0.3 is 0 Å². The van der Waals surface area contributed by atoms with E-state index in [9.17, 15) is 9.59 Å². The minimum atomic E-state index is -0.213. The van der Waals surface area contributed by atoms with Gasteiger partial charge in [-0.3, -0.25) is 14.5 Å². The van der Waals surface area contributed by atoms with E-state index in [1.165, 1.54) is 0 Å². The summed E-state index contributed by atoms with van der Waals surface area (Å²) in [6, 6.07) is -0.0403. The number of hydrogen-bond donors (Lipinski definition) is 1. The number of amides is 1. The Hall–Kier alpha value is -0.900. The van der Waals surface area contributed by atoms with Gasteiger partial charge in [0.1, 0.15) is 5.78 Å². The Morgan fingerprint density at radius 2 is 1.89 bits per heavy atom. The smallest absolute Gasteiger partial charge is 0.237 e. The lowest BCUT2D eigenvalue weighted by atomic mass is 9.97. The van der Waals surface area contributed by atoms with Gasteiger partial charge in [0.2, 0.25) is 5.91 Å². The lowest BCUT2D eigenvalue weighted by Gasteiger charge is -2.38. The first-order valence-electron chi connectivity index (χ1n) is 7.57. The second kappa shape index (κ2) is 7.63. The molecule has 110 valence electrons. The molecule has 0 saturated carbocycles. The molecule has 0 spiro atoms. The van der Waals surface area contributed by atoms with E-state index in [4.69, 9.17) is 0 Å². The second-order valence-corrected chi connectivity index (χ2v) is 5.56. The Balaban J connectivity index is 2.65. The van der Waals surface area contributed by atoms with E-state index in [2.05, 4.69) is 24.1 Å². The fourth-order valence-corrected chi connectivity index (χ4v) is 2.82. The number of rotatable bonds is 6. The summed E-state index contributed by atoms with van der Waals surface area (Å²) in [5.41, 5.74) is 0. The van der Waals surface area contributed by atoms with Crippen LogP contribution in [0.4, 0.5) is 0 Å². The van der Waals surface area contributed by atoms with Gasteiger partial charge in [0.25, 0.3) is 0 Å². The number of likely N-dealkylation sites (tertiary alicyclic amines) is 1. The van der Waals surface area contributed by atoms with Crippen molar-refractivity contribution in [3.63, 3.8) is 0 Å². The van der Waals surface area contributed by atoms with E-state index in [1.54, 1.807) is 6.92 Å². The highest BCUT2D eigenvalue weighted by Gasteiger charge is 2.32. The Bertz CT molecular complexity index is 313.